The van der Waals surface area contributed by atoms with Gasteiger partial charge in [0.2, 0.25) is 0 Å². The predicted octanol–water partition coefficient (Wildman–Crippen LogP) is 2.01. The lowest BCUT2D eigenvalue weighted by atomic mass is 10.2. The van der Waals surface area contributed by atoms with E-state index in [0.29, 0.717) is 45.5 Å². The van der Waals surface area contributed by atoms with Crippen molar-refractivity contribution in [3.63, 3.8) is 0 Å². The van der Waals surface area contributed by atoms with Gasteiger partial charge in [0.05, 0.1) is 39.6 Å². The zero-order valence-electron chi connectivity index (χ0n) is 12.8. The molecule has 0 aromatic heterocycles. The van der Waals surface area contributed by atoms with E-state index < -0.39 is 0 Å². The molecule has 0 rings (SSSR count). The Morgan fingerprint density at radius 1 is 0.842 bits per heavy atom. The molecule has 116 valence electrons. The lowest BCUT2D eigenvalue weighted by Gasteiger charge is -2.09. The van der Waals surface area contributed by atoms with E-state index in [1.54, 1.807) is 0 Å². The topological polar surface area (TPSA) is 49.0 Å². The summed E-state index contributed by atoms with van der Waals surface area (Å²) < 4.78 is 16.1. The van der Waals surface area contributed by atoms with Crippen LogP contribution in [0.25, 0.3) is 0 Å². The van der Waals surface area contributed by atoms with Gasteiger partial charge in [0.25, 0.3) is 0 Å². The minimum Gasteiger partial charge on any atom is -0.379 e. The SMILES string of the molecule is CCCCOCCOCCOCCNOCC(C)C. The van der Waals surface area contributed by atoms with Crippen molar-refractivity contribution in [2.24, 2.45) is 5.92 Å². The van der Waals surface area contributed by atoms with Crippen LogP contribution in [-0.4, -0.2) is 52.8 Å². The first kappa shape index (κ1) is 18.8. The summed E-state index contributed by atoms with van der Waals surface area (Å²) in [6.07, 6.45) is 2.29. The molecule has 0 amide bonds. The number of hydrogen-bond acceptors (Lipinski definition) is 5. The van der Waals surface area contributed by atoms with Gasteiger partial charge in [0.15, 0.2) is 0 Å². The first-order valence-electron chi connectivity index (χ1n) is 7.35. The highest BCUT2D eigenvalue weighted by atomic mass is 16.6. The second-order valence-corrected chi connectivity index (χ2v) is 4.79. The second-order valence-electron chi connectivity index (χ2n) is 4.79. The highest BCUT2D eigenvalue weighted by Crippen LogP contribution is 1.89. The van der Waals surface area contributed by atoms with Crippen LogP contribution in [0.15, 0.2) is 0 Å². The van der Waals surface area contributed by atoms with E-state index in [1.165, 1.54) is 6.42 Å². The van der Waals surface area contributed by atoms with Gasteiger partial charge in [0, 0.05) is 13.2 Å². The Balaban J connectivity index is 2.91. The molecule has 0 aliphatic carbocycles. The van der Waals surface area contributed by atoms with E-state index in [4.69, 9.17) is 19.0 Å². The Hall–Kier alpha value is -0.200. The molecule has 0 aromatic rings. The van der Waals surface area contributed by atoms with E-state index in [1.807, 2.05) is 0 Å². The van der Waals surface area contributed by atoms with Crippen LogP contribution in [0, 0.1) is 5.92 Å². The quantitative estimate of drug-likeness (QED) is 0.366. The second kappa shape index (κ2) is 15.9. The van der Waals surface area contributed by atoms with Gasteiger partial charge >= 0.3 is 0 Å². The van der Waals surface area contributed by atoms with Crippen molar-refractivity contribution in [1.29, 1.82) is 0 Å². The first-order valence-corrected chi connectivity index (χ1v) is 7.35. The molecule has 5 nitrogen and oxygen atoms in total. The summed E-state index contributed by atoms with van der Waals surface area (Å²) in [5.74, 6) is 0.543. The average molecular weight is 277 g/mol. The fourth-order valence-corrected chi connectivity index (χ4v) is 1.20. The van der Waals surface area contributed by atoms with Gasteiger partial charge in [-0.15, -0.1) is 0 Å². The maximum atomic E-state index is 5.38. The van der Waals surface area contributed by atoms with Crippen LogP contribution in [0.1, 0.15) is 33.6 Å². The van der Waals surface area contributed by atoms with Gasteiger partial charge in [-0.25, -0.2) is 5.48 Å². The fourth-order valence-electron chi connectivity index (χ4n) is 1.20. The zero-order valence-corrected chi connectivity index (χ0v) is 12.8. The van der Waals surface area contributed by atoms with Gasteiger partial charge in [-0.05, 0) is 12.3 Å². The van der Waals surface area contributed by atoms with Gasteiger partial charge in [-0.1, -0.05) is 27.2 Å². The molecule has 0 radical (unpaired) electrons. The predicted molar refractivity (Wildman–Crippen MR) is 76.2 cm³/mol. The monoisotopic (exact) mass is 277 g/mol. The van der Waals surface area contributed by atoms with Gasteiger partial charge in [-0.3, -0.25) is 0 Å². The molecule has 0 aliphatic heterocycles. The number of ether oxygens (including phenoxy) is 3. The van der Waals surface area contributed by atoms with E-state index in [-0.39, 0.29) is 0 Å². The molecule has 0 saturated carbocycles. The number of hydroxylamine groups is 1. The number of rotatable bonds is 15. The van der Waals surface area contributed by atoms with E-state index >= 15 is 0 Å². The van der Waals surface area contributed by atoms with Crippen molar-refractivity contribution in [3.05, 3.63) is 0 Å². The van der Waals surface area contributed by atoms with E-state index in [0.717, 1.165) is 19.6 Å². The Kier molecular flexibility index (Phi) is 15.7. The van der Waals surface area contributed by atoms with E-state index in [9.17, 15) is 0 Å². The van der Waals surface area contributed by atoms with Gasteiger partial charge in [0.1, 0.15) is 0 Å². The Morgan fingerprint density at radius 3 is 2.00 bits per heavy atom. The number of nitrogens with one attached hydrogen (secondary N) is 1. The van der Waals surface area contributed by atoms with Crippen LogP contribution >= 0.6 is 0 Å². The van der Waals surface area contributed by atoms with Crippen LogP contribution < -0.4 is 5.48 Å². The lowest BCUT2D eigenvalue weighted by molar-refractivity contribution is -0.00908. The van der Waals surface area contributed by atoms with Crippen molar-refractivity contribution in [2.45, 2.75) is 33.6 Å². The third-order valence-corrected chi connectivity index (χ3v) is 2.25. The van der Waals surface area contributed by atoms with Crippen molar-refractivity contribution in [2.75, 3.05) is 52.8 Å². The summed E-state index contributed by atoms with van der Waals surface area (Å²) in [4.78, 5) is 5.21. The third-order valence-electron chi connectivity index (χ3n) is 2.25. The molecule has 19 heavy (non-hydrogen) atoms. The number of unbranched alkanes of at least 4 members (excludes halogenated alkanes) is 1. The molecule has 5 heteroatoms. The molecule has 0 bridgehead atoms. The maximum Gasteiger partial charge on any atom is 0.0705 e. The molecule has 0 heterocycles. The molecule has 0 aliphatic rings. The Bertz CT molecular complexity index is 168. The highest BCUT2D eigenvalue weighted by molar-refractivity contribution is 4.39. The van der Waals surface area contributed by atoms with Crippen LogP contribution in [0.3, 0.4) is 0 Å². The summed E-state index contributed by atoms with van der Waals surface area (Å²) in [6.45, 7) is 11.8. The molecule has 0 atom stereocenters. The summed E-state index contributed by atoms with van der Waals surface area (Å²) in [5, 5.41) is 0. The van der Waals surface area contributed by atoms with Crippen LogP contribution in [-0.2, 0) is 19.0 Å². The fraction of sp³-hybridized carbons (Fsp3) is 1.00. The molecule has 0 unspecified atom stereocenters. The molecular weight excluding hydrogens is 246 g/mol. The zero-order chi connectivity index (χ0) is 14.2. The van der Waals surface area contributed by atoms with Gasteiger partial charge in [-0.2, -0.15) is 0 Å². The summed E-state index contributed by atoms with van der Waals surface area (Å²) >= 11 is 0. The minimum absolute atomic E-state index is 0.543. The Labute approximate surface area is 117 Å². The molecule has 0 aromatic carbocycles. The van der Waals surface area contributed by atoms with Crippen molar-refractivity contribution >= 4 is 0 Å². The lowest BCUT2D eigenvalue weighted by Crippen LogP contribution is -2.23. The summed E-state index contributed by atoms with van der Waals surface area (Å²) in [6, 6.07) is 0. The normalized spacial score (nSPS) is 11.4. The van der Waals surface area contributed by atoms with Crippen molar-refractivity contribution < 1.29 is 19.0 Å². The largest absolute Gasteiger partial charge is 0.379 e. The number of hydrogen-bond donors (Lipinski definition) is 1. The summed E-state index contributed by atoms with van der Waals surface area (Å²) in [5.41, 5.74) is 2.86. The van der Waals surface area contributed by atoms with E-state index in [2.05, 4.69) is 26.3 Å². The van der Waals surface area contributed by atoms with Crippen LogP contribution in [0.2, 0.25) is 0 Å². The summed E-state index contributed by atoms with van der Waals surface area (Å²) in [7, 11) is 0. The molecule has 0 spiro atoms. The third kappa shape index (κ3) is 17.8. The Morgan fingerprint density at radius 2 is 1.42 bits per heavy atom. The maximum absolute atomic E-state index is 5.38. The molecular formula is C14H31NO4. The average Bonchev–Trinajstić information content (AvgIpc) is 2.39. The molecule has 0 saturated heterocycles. The smallest absolute Gasteiger partial charge is 0.0705 e. The van der Waals surface area contributed by atoms with Gasteiger partial charge < -0.3 is 19.0 Å². The molecule has 1 N–H and O–H groups in total. The van der Waals surface area contributed by atoms with Crippen LogP contribution in [0.5, 0.6) is 0 Å². The first-order chi connectivity index (χ1) is 9.27. The standard InChI is InChI=1S/C14H31NO4/c1-4-5-7-16-9-11-18-12-10-17-8-6-15-19-13-14(2)3/h14-15H,4-13H2,1-3H3. The van der Waals surface area contributed by atoms with Crippen LogP contribution in [0.4, 0.5) is 0 Å². The highest BCUT2D eigenvalue weighted by Gasteiger charge is 1.94. The minimum atomic E-state index is 0.543. The molecule has 0 fully saturated rings. The van der Waals surface area contributed by atoms with Crippen molar-refractivity contribution in [3.8, 4) is 0 Å². The van der Waals surface area contributed by atoms with Crippen molar-refractivity contribution in [1.82, 2.24) is 5.48 Å².